The van der Waals surface area contributed by atoms with E-state index in [1.165, 1.54) is 40.8 Å². The molecule has 1 aliphatic rings. The van der Waals surface area contributed by atoms with Gasteiger partial charge in [0.15, 0.2) is 0 Å². The fourth-order valence-corrected chi connectivity index (χ4v) is 4.04. The topological polar surface area (TPSA) is 75.9 Å². The number of benzene rings is 1. The molecule has 0 saturated carbocycles. The van der Waals surface area contributed by atoms with Gasteiger partial charge in [0, 0.05) is 13.1 Å². The third kappa shape index (κ3) is 3.66. The largest absolute Gasteiger partial charge is 0.347 e. The fraction of sp³-hybridized carbons (Fsp3) is 0.333. The van der Waals surface area contributed by atoms with Gasteiger partial charge in [-0.3, -0.25) is 9.69 Å². The second-order valence-electron chi connectivity index (χ2n) is 6.32. The lowest BCUT2D eigenvalue weighted by Gasteiger charge is -2.17. The first-order valence-electron chi connectivity index (χ1n) is 8.69. The van der Waals surface area contributed by atoms with Gasteiger partial charge < -0.3 is 5.32 Å². The summed E-state index contributed by atoms with van der Waals surface area (Å²) in [6, 6.07) is 10.2. The number of likely N-dealkylation sites (tertiary alicyclic amines) is 1. The van der Waals surface area contributed by atoms with Crippen molar-refractivity contribution in [3.05, 3.63) is 58.0 Å². The van der Waals surface area contributed by atoms with Crippen molar-refractivity contribution < 1.29 is 4.79 Å². The lowest BCUT2D eigenvalue weighted by atomic mass is 10.1. The quantitative estimate of drug-likeness (QED) is 0.722. The summed E-state index contributed by atoms with van der Waals surface area (Å²) in [7, 11) is 0. The smallest absolute Gasteiger partial charge is 0.263 e. The molecule has 0 spiro atoms. The maximum Gasteiger partial charge on any atom is 0.263 e. The van der Waals surface area contributed by atoms with Crippen LogP contribution < -0.4 is 5.32 Å². The van der Waals surface area contributed by atoms with Crippen molar-refractivity contribution >= 4 is 17.2 Å². The maximum atomic E-state index is 12.7. The minimum atomic E-state index is -0.110. The average molecular weight is 368 g/mol. The molecule has 1 N–H and O–H groups in total. The highest BCUT2D eigenvalue weighted by Crippen LogP contribution is 2.20. The molecule has 0 bridgehead atoms. The summed E-state index contributed by atoms with van der Waals surface area (Å²) in [5, 5.41) is 16.0. The monoisotopic (exact) mass is 368 g/mol. The van der Waals surface area contributed by atoms with E-state index in [0.717, 1.165) is 25.2 Å². The number of nitrogens with zero attached hydrogens (tertiary/aromatic N) is 5. The van der Waals surface area contributed by atoms with Crippen molar-refractivity contribution in [3.63, 3.8) is 0 Å². The molecular weight excluding hydrogens is 348 g/mol. The molecule has 1 aromatic carbocycles. The molecule has 26 heavy (non-hydrogen) atoms. The van der Waals surface area contributed by atoms with Crippen molar-refractivity contribution in [2.24, 2.45) is 0 Å². The van der Waals surface area contributed by atoms with Crippen LogP contribution in [0.2, 0.25) is 0 Å². The van der Waals surface area contributed by atoms with Crippen LogP contribution in [0.5, 0.6) is 0 Å². The van der Waals surface area contributed by atoms with Crippen LogP contribution in [0.25, 0.3) is 5.69 Å². The van der Waals surface area contributed by atoms with E-state index in [-0.39, 0.29) is 5.91 Å². The van der Waals surface area contributed by atoms with Gasteiger partial charge in [-0.2, -0.15) is 4.68 Å². The highest BCUT2D eigenvalue weighted by atomic mass is 32.1. The number of hydrogen-bond donors (Lipinski definition) is 1. The van der Waals surface area contributed by atoms with Crippen molar-refractivity contribution in [3.8, 4) is 5.69 Å². The van der Waals surface area contributed by atoms with Crippen LogP contribution in [0.1, 0.15) is 33.6 Å². The van der Waals surface area contributed by atoms with Gasteiger partial charge in [-0.1, -0.05) is 24.3 Å². The lowest BCUT2D eigenvalue weighted by molar-refractivity contribution is 0.0954. The molecule has 0 radical (unpaired) electrons. The Morgan fingerprint density at radius 3 is 2.73 bits per heavy atom. The minimum Gasteiger partial charge on any atom is -0.347 e. The number of hydrogen-bond acceptors (Lipinski definition) is 6. The second-order valence-corrected chi connectivity index (χ2v) is 7.24. The number of rotatable bonds is 6. The molecule has 1 aliphatic heterocycles. The number of amides is 1. The Balaban J connectivity index is 1.45. The van der Waals surface area contributed by atoms with Gasteiger partial charge >= 0.3 is 0 Å². The van der Waals surface area contributed by atoms with Crippen LogP contribution in [0, 0.1) is 0 Å². The van der Waals surface area contributed by atoms with Gasteiger partial charge in [-0.25, -0.2) is 0 Å². The van der Waals surface area contributed by atoms with Crippen molar-refractivity contribution in [2.75, 3.05) is 13.1 Å². The summed E-state index contributed by atoms with van der Waals surface area (Å²) in [5.74, 6) is -0.110. The van der Waals surface area contributed by atoms with Crippen molar-refractivity contribution in [1.29, 1.82) is 0 Å². The van der Waals surface area contributed by atoms with Gasteiger partial charge in [0.25, 0.3) is 5.91 Å². The third-order valence-corrected chi connectivity index (χ3v) is 5.50. The van der Waals surface area contributed by atoms with E-state index in [0.29, 0.717) is 17.1 Å². The number of tetrazole rings is 1. The standard InChI is InChI=1S/C18H20N6OS/c25-18(17-16(7-10-26-17)24-13-20-21-22-24)19-11-14-5-1-2-6-15(14)12-23-8-3-4-9-23/h1-2,5-7,10,13H,3-4,8-9,11-12H2,(H,19,25). The highest BCUT2D eigenvalue weighted by Gasteiger charge is 2.17. The van der Waals surface area contributed by atoms with Gasteiger partial charge in [0.1, 0.15) is 11.2 Å². The zero-order valence-corrected chi connectivity index (χ0v) is 15.2. The van der Waals surface area contributed by atoms with E-state index in [2.05, 4.69) is 43.9 Å². The highest BCUT2D eigenvalue weighted by molar-refractivity contribution is 7.12. The summed E-state index contributed by atoms with van der Waals surface area (Å²) in [4.78, 5) is 15.7. The van der Waals surface area contributed by atoms with Crippen LogP contribution in [-0.4, -0.2) is 44.1 Å². The summed E-state index contributed by atoms with van der Waals surface area (Å²) < 4.78 is 1.51. The summed E-state index contributed by atoms with van der Waals surface area (Å²) in [6.07, 6.45) is 4.04. The predicted molar refractivity (Wildman–Crippen MR) is 99.2 cm³/mol. The zero-order valence-electron chi connectivity index (χ0n) is 14.3. The van der Waals surface area contributed by atoms with Crippen LogP contribution in [-0.2, 0) is 13.1 Å². The molecule has 1 fully saturated rings. The molecule has 3 heterocycles. The summed E-state index contributed by atoms with van der Waals surface area (Å²) >= 11 is 1.38. The Bertz CT molecular complexity index is 869. The van der Waals surface area contributed by atoms with Gasteiger partial charge in [0.2, 0.25) is 0 Å². The Hall–Kier alpha value is -2.58. The maximum absolute atomic E-state index is 12.7. The first-order valence-corrected chi connectivity index (χ1v) is 9.57. The lowest BCUT2D eigenvalue weighted by Crippen LogP contribution is -2.25. The number of carbonyl (C=O) groups excluding carboxylic acids is 1. The minimum absolute atomic E-state index is 0.110. The molecule has 0 atom stereocenters. The average Bonchev–Trinajstić information content (AvgIpc) is 3.41. The molecule has 7 nitrogen and oxygen atoms in total. The summed E-state index contributed by atoms with van der Waals surface area (Å²) in [6.45, 7) is 3.77. The molecule has 1 amide bonds. The number of nitrogens with one attached hydrogen (secondary N) is 1. The van der Waals surface area contributed by atoms with E-state index in [1.807, 2.05) is 17.5 Å². The molecule has 8 heteroatoms. The van der Waals surface area contributed by atoms with E-state index in [9.17, 15) is 4.79 Å². The Kier molecular flexibility index (Phi) is 5.03. The Morgan fingerprint density at radius 1 is 1.15 bits per heavy atom. The normalized spacial score (nSPS) is 14.6. The molecule has 134 valence electrons. The molecule has 2 aromatic heterocycles. The van der Waals surface area contributed by atoms with Crippen LogP contribution >= 0.6 is 11.3 Å². The number of aromatic nitrogens is 4. The van der Waals surface area contributed by atoms with Crippen LogP contribution in [0.3, 0.4) is 0 Å². The molecular formula is C18H20N6OS. The van der Waals surface area contributed by atoms with Gasteiger partial charge in [-0.15, -0.1) is 16.4 Å². The van der Waals surface area contributed by atoms with E-state index < -0.39 is 0 Å². The third-order valence-electron chi connectivity index (χ3n) is 4.60. The first-order chi connectivity index (χ1) is 12.8. The van der Waals surface area contributed by atoms with E-state index in [1.54, 1.807) is 0 Å². The van der Waals surface area contributed by atoms with Gasteiger partial charge in [-0.05, 0) is 58.9 Å². The number of thiophene rings is 1. The van der Waals surface area contributed by atoms with Crippen LogP contribution in [0.4, 0.5) is 0 Å². The Labute approximate surface area is 155 Å². The first kappa shape index (κ1) is 16.9. The molecule has 0 aliphatic carbocycles. The molecule has 3 aromatic rings. The predicted octanol–water partition coefficient (Wildman–Crippen LogP) is 2.25. The Morgan fingerprint density at radius 2 is 1.96 bits per heavy atom. The second kappa shape index (κ2) is 7.76. The van der Waals surface area contributed by atoms with E-state index in [4.69, 9.17) is 0 Å². The SMILES string of the molecule is O=C(NCc1ccccc1CN1CCCC1)c1sccc1-n1cnnn1. The van der Waals surface area contributed by atoms with Crippen molar-refractivity contribution in [1.82, 2.24) is 30.4 Å². The van der Waals surface area contributed by atoms with Gasteiger partial charge in [0.05, 0.1) is 5.69 Å². The fourth-order valence-electron chi connectivity index (χ4n) is 3.25. The van der Waals surface area contributed by atoms with Crippen molar-refractivity contribution in [2.45, 2.75) is 25.9 Å². The molecule has 4 rings (SSSR count). The molecule has 0 unspecified atom stereocenters. The zero-order chi connectivity index (χ0) is 17.8. The van der Waals surface area contributed by atoms with E-state index >= 15 is 0 Å². The van der Waals surface area contributed by atoms with Crippen LogP contribution in [0.15, 0.2) is 42.0 Å². The molecule has 1 saturated heterocycles. The summed E-state index contributed by atoms with van der Waals surface area (Å²) in [5.41, 5.74) is 3.14. The number of carbonyl (C=O) groups is 1.